The summed E-state index contributed by atoms with van der Waals surface area (Å²) in [5, 5.41) is 6.32. The third-order valence-electron chi connectivity index (χ3n) is 3.90. The van der Waals surface area contributed by atoms with Crippen LogP contribution in [-0.4, -0.2) is 32.7 Å². The molecule has 0 atom stereocenters. The fourth-order valence-corrected chi connectivity index (χ4v) is 2.58. The van der Waals surface area contributed by atoms with Crippen LogP contribution in [0.1, 0.15) is 24.0 Å². The van der Waals surface area contributed by atoms with E-state index >= 15 is 0 Å². The van der Waals surface area contributed by atoms with E-state index in [1.165, 1.54) is 5.56 Å². The van der Waals surface area contributed by atoms with Gasteiger partial charge in [0.1, 0.15) is 5.75 Å². The van der Waals surface area contributed by atoms with E-state index in [1.54, 1.807) is 7.11 Å². The highest BCUT2D eigenvalue weighted by molar-refractivity contribution is 5.85. The molecule has 0 aliphatic carbocycles. The van der Waals surface area contributed by atoms with Gasteiger partial charge in [0.05, 0.1) is 7.11 Å². The Morgan fingerprint density at radius 1 is 1.38 bits per heavy atom. The van der Waals surface area contributed by atoms with Crippen molar-refractivity contribution in [2.24, 2.45) is 5.92 Å². The Labute approximate surface area is 133 Å². The molecule has 0 aromatic heterocycles. The van der Waals surface area contributed by atoms with Crippen molar-refractivity contribution in [1.29, 1.82) is 0 Å². The van der Waals surface area contributed by atoms with E-state index in [1.807, 2.05) is 13.0 Å². The third-order valence-corrected chi connectivity index (χ3v) is 3.90. The molecule has 2 N–H and O–H groups in total. The zero-order valence-corrected chi connectivity index (χ0v) is 13.6. The summed E-state index contributed by atoms with van der Waals surface area (Å²) < 4.78 is 5.31. The molecule has 1 aromatic carbocycles. The zero-order chi connectivity index (χ0) is 14.4. The lowest BCUT2D eigenvalue weighted by Gasteiger charge is -2.21. The molecule has 1 aliphatic heterocycles. The van der Waals surface area contributed by atoms with Gasteiger partial charge in [0.2, 0.25) is 5.91 Å². The van der Waals surface area contributed by atoms with Crippen LogP contribution in [0.15, 0.2) is 18.2 Å². The van der Waals surface area contributed by atoms with E-state index in [0.717, 1.165) is 43.7 Å². The number of aryl methyl sites for hydroxylation is 1. The van der Waals surface area contributed by atoms with E-state index in [4.69, 9.17) is 4.74 Å². The topological polar surface area (TPSA) is 50.4 Å². The highest BCUT2D eigenvalue weighted by Crippen LogP contribution is 2.19. The molecule has 1 heterocycles. The van der Waals surface area contributed by atoms with Gasteiger partial charge in [0, 0.05) is 12.5 Å². The highest BCUT2D eigenvalue weighted by Gasteiger charge is 2.20. The van der Waals surface area contributed by atoms with Crippen LogP contribution in [0.3, 0.4) is 0 Å². The molecular formula is C16H25ClN2O2. The number of hydrogen-bond acceptors (Lipinski definition) is 3. The summed E-state index contributed by atoms with van der Waals surface area (Å²) in [7, 11) is 1.69. The molecule has 2 rings (SSSR count). The van der Waals surface area contributed by atoms with Gasteiger partial charge in [0.25, 0.3) is 0 Å². The molecule has 1 amide bonds. The molecule has 1 aliphatic rings. The van der Waals surface area contributed by atoms with E-state index in [0.29, 0.717) is 6.54 Å². The number of carbonyl (C=O) groups is 1. The van der Waals surface area contributed by atoms with Gasteiger partial charge in [-0.1, -0.05) is 12.1 Å². The summed E-state index contributed by atoms with van der Waals surface area (Å²) in [4.78, 5) is 12.0. The lowest BCUT2D eigenvalue weighted by Crippen LogP contribution is -2.38. The summed E-state index contributed by atoms with van der Waals surface area (Å²) in [5.41, 5.74) is 2.33. The lowest BCUT2D eigenvalue weighted by molar-refractivity contribution is -0.125. The van der Waals surface area contributed by atoms with Crippen molar-refractivity contribution < 1.29 is 9.53 Å². The Balaban J connectivity index is 0.00000220. The van der Waals surface area contributed by atoms with Gasteiger partial charge >= 0.3 is 0 Å². The van der Waals surface area contributed by atoms with Crippen molar-refractivity contribution in [3.63, 3.8) is 0 Å². The first-order valence-electron chi connectivity index (χ1n) is 7.32. The second kappa shape index (κ2) is 8.90. The molecule has 1 aromatic rings. The first-order valence-corrected chi connectivity index (χ1v) is 7.32. The van der Waals surface area contributed by atoms with Gasteiger partial charge in [0.15, 0.2) is 0 Å². The van der Waals surface area contributed by atoms with Crippen molar-refractivity contribution >= 4 is 18.3 Å². The van der Waals surface area contributed by atoms with Crippen LogP contribution in [-0.2, 0) is 11.2 Å². The predicted molar refractivity (Wildman–Crippen MR) is 87.3 cm³/mol. The first-order chi connectivity index (χ1) is 9.70. The third kappa shape index (κ3) is 5.21. The minimum Gasteiger partial charge on any atom is -0.496 e. The molecule has 0 unspecified atom stereocenters. The average Bonchev–Trinajstić information content (AvgIpc) is 2.49. The maximum atomic E-state index is 12.0. The fraction of sp³-hybridized carbons (Fsp3) is 0.562. The Bertz CT molecular complexity index is 460. The van der Waals surface area contributed by atoms with Crippen LogP contribution in [0.5, 0.6) is 5.75 Å². The van der Waals surface area contributed by atoms with Crippen LogP contribution in [0, 0.1) is 12.8 Å². The number of benzene rings is 1. The number of hydrogen-bond donors (Lipinski definition) is 2. The van der Waals surface area contributed by atoms with Gasteiger partial charge in [-0.25, -0.2) is 0 Å². The van der Waals surface area contributed by atoms with Crippen LogP contribution in [0.25, 0.3) is 0 Å². The molecule has 118 valence electrons. The minimum absolute atomic E-state index is 0. The SMILES string of the molecule is COc1cc(CCNC(=O)C2CCNCC2)ccc1C.Cl. The summed E-state index contributed by atoms with van der Waals surface area (Å²) >= 11 is 0. The molecule has 0 radical (unpaired) electrons. The molecule has 21 heavy (non-hydrogen) atoms. The van der Waals surface area contributed by atoms with Crippen LogP contribution < -0.4 is 15.4 Å². The highest BCUT2D eigenvalue weighted by atomic mass is 35.5. The average molecular weight is 313 g/mol. The molecular weight excluding hydrogens is 288 g/mol. The molecule has 4 nitrogen and oxygen atoms in total. The van der Waals surface area contributed by atoms with Gasteiger partial charge < -0.3 is 15.4 Å². The monoisotopic (exact) mass is 312 g/mol. The largest absolute Gasteiger partial charge is 0.496 e. The van der Waals surface area contributed by atoms with Crippen LogP contribution in [0.4, 0.5) is 0 Å². The van der Waals surface area contributed by atoms with Crippen LogP contribution >= 0.6 is 12.4 Å². The first kappa shape index (κ1) is 17.8. The van der Waals surface area contributed by atoms with Gasteiger partial charge in [-0.05, 0) is 56.5 Å². The fourth-order valence-electron chi connectivity index (χ4n) is 2.58. The predicted octanol–water partition coefficient (Wildman–Crippen LogP) is 2.08. The Morgan fingerprint density at radius 3 is 2.76 bits per heavy atom. The second-order valence-corrected chi connectivity index (χ2v) is 5.37. The van der Waals surface area contributed by atoms with Gasteiger partial charge in [-0.15, -0.1) is 12.4 Å². The summed E-state index contributed by atoms with van der Waals surface area (Å²) in [5.74, 6) is 1.29. The molecule has 0 saturated carbocycles. The minimum atomic E-state index is 0. The zero-order valence-electron chi connectivity index (χ0n) is 12.8. The van der Waals surface area contributed by atoms with Crippen molar-refractivity contribution in [3.05, 3.63) is 29.3 Å². The van der Waals surface area contributed by atoms with E-state index < -0.39 is 0 Å². The van der Waals surface area contributed by atoms with Crippen molar-refractivity contribution in [3.8, 4) is 5.75 Å². The Kier molecular flexibility index (Phi) is 7.54. The van der Waals surface area contributed by atoms with Gasteiger partial charge in [-0.3, -0.25) is 4.79 Å². The Hall–Kier alpha value is -1.26. The summed E-state index contributed by atoms with van der Waals surface area (Å²) in [6.45, 7) is 4.62. The van der Waals surface area contributed by atoms with Gasteiger partial charge in [-0.2, -0.15) is 0 Å². The number of amides is 1. The number of nitrogens with one attached hydrogen (secondary N) is 2. The number of halogens is 1. The van der Waals surface area contributed by atoms with E-state index in [9.17, 15) is 4.79 Å². The van der Waals surface area contributed by atoms with Crippen molar-refractivity contribution in [2.45, 2.75) is 26.2 Å². The molecule has 1 saturated heterocycles. The number of piperidine rings is 1. The normalized spacial score (nSPS) is 15.1. The van der Waals surface area contributed by atoms with E-state index in [-0.39, 0.29) is 24.2 Å². The smallest absolute Gasteiger partial charge is 0.223 e. The Morgan fingerprint density at radius 2 is 2.10 bits per heavy atom. The van der Waals surface area contributed by atoms with Crippen LogP contribution in [0.2, 0.25) is 0 Å². The second-order valence-electron chi connectivity index (χ2n) is 5.37. The van der Waals surface area contributed by atoms with Crippen molar-refractivity contribution in [2.75, 3.05) is 26.7 Å². The summed E-state index contributed by atoms with van der Waals surface area (Å²) in [6.07, 6.45) is 2.74. The van der Waals surface area contributed by atoms with Crippen molar-refractivity contribution in [1.82, 2.24) is 10.6 Å². The quantitative estimate of drug-likeness (QED) is 0.875. The maximum Gasteiger partial charge on any atom is 0.223 e. The number of carbonyl (C=O) groups excluding carboxylic acids is 1. The summed E-state index contributed by atoms with van der Waals surface area (Å²) in [6, 6.07) is 6.20. The standard InChI is InChI=1S/C16H24N2O2.ClH/c1-12-3-4-13(11-15(12)20-2)5-10-18-16(19)14-6-8-17-9-7-14;/h3-4,11,14,17H,5-10H2,1-2H3,(H,18,19);1H. The maximum absolute atomic E-state index is 12.0. The number of ether oxygens (including phenoxy) is 1. The molecule has 5 heteroatoms. The number of methoxy groups -OCH3 is 1. The lowest BCUT2D eigenvalue weighted by atomic mass is 9.97. The molecule has 0 bridgehead atoms. The van der Waals surface area contributed by atoms with E-state index in [2.05, 4.69) is 22.8 Å². The number of rotatable bonds is 5. The molecule has 0 spiro atoms. The molecule has 1 fully saturated rings.